The van der Waals surface area contributed by atoms with Gasteiger partial charge in [-0.25, -0.2) is 4.79 Å². The highest BCUT2D eigenvalue weighted by Gasteiger charge is 2.32. The molecule has 1 aromatic carbocycles. The number of aliphatic hydroxyl groups excluding tert-OH is 1. The Morgan fingerprint density at radius 3 is 2.56 bits per heavy atom. The number of allylic oxidation sites excluding steroid dienone is 3. The second-order valence-electron chi connectivity index (χ2n) is 8.91. The molecular formula is C28H43N3O5. The second-order valence-corrected chi connectivity index (χ2v) is 8.91. The summed E-state index contributed by atoms with van der Waals surface area (Å²) in [6.45, 7) is 15.5. The summed E-state index contributed by atoms with van der Waals surface area (Å²) >= 11 is 0. The van der Waals surface area contributed by atoms with Crippen molar-refractivity contribution in [3.63, 3.8) is 0 Å². The minimum atomic E-state index is -0.402. The molecule has 8 nitrogen and oxygen atoms in total. The van der Waals surface area contributed by atoms with Crippen molar-refractivity contribution < 1.29 is 24.2 Å². The molecule has 2 heterocycles. The molecule has 200 valence electrons. The first-order chi connectivity index (χ1) is 17.3. The molecule has 0 aliphatic carbocycles. The van der Waals surface area contributed by atoms with E-state index in [-0.39, 0.29) is 30.6 Å². The van der Waals surface area contributed by atoms with Gasteiger partial charge in [-0.1, -0.05) is 45.1 Å². The molecule has 0 saturated carbocycles. The molecule has 2 N–H and O–H groups in total. The highest BCUT2D eigenvalue weighted by Crippen LogP contribution is 2.28. The van der Waals surface area contributed by atoms with Crippen molar-refractivity contribution in [3.8, 4) is 0 Å². The molecule has 8 heteroatoms. The molecule has 0 radical (unpaired) electrons. The number of morpholine rings is 1. The first kappa shape index (κ1) is 29.5. The molecule has 3 rings (SSSR count). The van der Waals surface area contributed by atoms with Crippen molar-refractivity contribution in [1.29, 1.82) is 0 Å². The van der Waals surface area contributed by atoms with Gasteiger partial charge in [0.25, 0.3) is 0 Å². The molecular weight excluding hydrogens is 458 g/mol. The smallest absolute Gasteiger partial charge is 0.414 e. The van der Waals surface area contributed by atoms with E-state index in [9.17, 15) is 14.7 Å². The molecule has 0 spiro atoms. The number of aryl methyl sites for hydroxylation is 1. The van der Waals surface area contributed by atoms with Crippen LogP contribution in [0.1, 0.15) is 45.7 Å². The fraction of sp³-hybridized carbons (Fsp3) is 0.571. The van der Waals surface area contributed by atoms with Gasteiger partial charge in [-0.15, -0.1) is 0 Å². The van der Waals surface area contributed by atoms with Crippen LogP contribution in [0.4, 0.5) is 10.5 Å². The van der Waals surface area contributed by atoms with Gasteiger partial charge in [0.05, 0.1) is 32.9 Å². The van der Waals surface area contributed by atoms with Crippen LogP contribution in [0.15, 0.2) is 36.4 Å². The summed E-state index contributed by atoms with van der Waals surface area (Å²) in [5.74, 6) is 0.0313. The topological polar surface area (TPSA) is 91.3 Å². The number of ether oxygens (including phenoxy) is 2. The Morgan fingerprint density at radius 1 is 1.28 bits per heavy atom. The summed E-state index contributed by atoms with van der Waals surface area (Å²) in [6.07, 6.45) is 5.58. The summed E-state index contributed by atoms with van der Waals surface area (Å²) in [5, 5.41) is 12.7. The zero-order valence-electron chi connectivity index (χ0n) is 22.6. The number of cyclic esters (lactones) is 1. The summed E-state index contributed by atoms with van der Waals surface area (Å²) in [7, 11) is 0. The number of aliphatic hydroxyl groups is 1. The molecule has 1 aromatic rings. The number of hydrogen-bond donors (Lipinski definition) is 2. The zero-order valence-corrected chi connectivity index (χ0v) is 22.6. The van der Waals surface area contributed by atoms with E-state index < -0.39 is 6.09 Å². The van der Waals surface area contributed by atoms with E-state index in [1.165, 1.54) is 6.92 Å². The van der Waals surface area contributed by atoms with E-state index in [0.717, 1.165) is 35.5 Å². The van der Waals surface area contributed by atoms with Crippen molar-refractivity contribution in [1.82, 2.24) is 10.2 Å². The molecule has 2 aliphatic heterocycles. The normalized spacial score (nSPS) is 20.5. The lowest BCUT2D eigenvalue weighted by molar-refractivity contribution is -0.119. The summed E-state index contributed by atoms with van der Waals surface area (Å²) < 4.78 is 10.8. The number of anilines is 1. The van der Waals surface area contributed by atoms with Gasteiger partial charge >= 0.3 is 6.09 Å². The maximum Gasteiger partial charge on any atom is 0.414 e. The number of carbonyl (C=O) groups is 2. The monoisotopic (exact) mass is 501 g/mol. The van der Waals surface area contributed by atoms with Crippen molar-refractivity contribution in [2.75, 3.05) is 50.9 Å². The first-order valence-corrected chi connectivity index (χ1v) is 12.9. The van der Waals surface area contributed by atoms with E-state index >= 15 is 0 Å². The van der Waals surface area contributed by atoms with E-state index in [2.05, 4.69) is 35.4 Å². The Balaban J connectivity index is 0.00000222. The fourth-order valence-electron chi connectivity index (χ4n) is 4.48. The number of nitrogens with one attached hydrogen (secondary N) is 1. The van der Waals surface area contributed by atoms with Crippen molar-refractivity contribution in [2.24, 2.45) is 5.92 Å². The van der Waals surface area contributed by atoms with E-state index in [1.807, 2.05) is 45.9 Å². The van der Waals surface area contributed by atoms with Gasteiger partial charge in [0.2, 0.25) is 5.91 Å². The summed E-state index contributed by atoms with van der Waals surface area (Å²) in [5.41, 5.74) is 4.00. The Bertz CT molecular complexity index is 924. The third-order valence-electron chi connectivity index (χ3n) is 6.48. The minimum Gasteiger partial charge on any atom is -0.442 e. The van der Waals surface area contributed by atoms with Gasteiger partial charge in [0, 0.05) is 31.7 Å². The maximum atomic E-state index is 12.4. The molecule has 2 unspecified atom stereocenters. The molecule has 2 saturated heterocycles. The van der Waals surface area contributed by atoms with Crippen molar-refractivity contribution in [2.45, 2.75) is 53.7 Å². The van der Waals surface area contributed by atoms with Crippen molar-refractivity contribution >= 4 is 23.3 Å². The molecule has 2 amide bonds. The van der Waals surface area contributed by atoms with E-state index in [4.69, 9.17) is 9.47 Å². The molecule has 36 heavy (non-hydrogen) atoms. The Morgan fingerprint density at radius 2 is 1.97 bits per heavy atom. The van der Waals surface area contributed by atoms with E-state index in [0.29, 0.717) is 26.3 Å². The number of nitrogens with zero attached hydrogens (tertiary/aromatic N) is 2. The minimum absolute atomic E-state index is 0.0633. The molecule has 0 aromatic heterocycles. The lowest BCUT2D eigenvalue weighted by Crippen LogP contribution is -2.47. The molecule has 2 fully saturated rings. The van der Waals surface area contributed by atoms with Crippen LogP contribution in [0.5, 0.6) is 0 Å². The van der Waals surface area contributed by atoms with Crippen LogP contribution in [0.2, 0.25) is 0 Å². The van der Waals surface area contributed by atoms with Crippen LogP contribution in [0.25, 0.3) is 5.57 Å². The number of benzene rings is 1. The Hall–Kier alpha value is -2.68. The third kappa shape index (κ3) is 7.91. The lowest BCUT2D eigenvalue weighted by Gasteiger charge is -2.36. The lowest BCUT2D eigenvalue weighted by atomic mass is 9.95. The van der Waals surface area contributed by atoms with Gasteiger partial charge in [0.1, 0.15) is 6.10 Å². The predicted molar refractivity (Wildman–Crippen MR) is 144 cm³/mol. The van der Waals surface area contributed by atoms with Crippen LogP contribution >= 0.6 is 0 Å². The number of hydrogen-bond acceptors (Lipinski definition) is 6. The van der Waals surface area contributed by atoms with Crippen LogP contribution in [-0.2, 0) is 14.3 Å². The number of carbonyl (C=O) groups excluding carboxylic acids is 2. The van der Waals surface area contributed by atoms with Crippen LogP contribution in [0.3, 0.4) is 0 Å². The quantitative estimate of drug-likeness (QED) is 0.501. The Labute approximate surface area is 215 Å². The summed E-state index contributed by atoms with van der Waals surface area (Å²) in [6, 6.07) is 6.00. The standard InChI is InChI=1S/C26H37N3O5.C2H6/c1-5-21(7-6-18(2)25(17-30)28-10-12-33-13-11-28)24-9-8-22(14-19(24)3)29-16-23(34-26(29)32)15-27-20(4)31;1-2/h5-9,14,18,23,25,30H,10-13,15-17H2,1-4H3,(H,27,31);1-2H3/b7-6-,21-5+;/t18?,23-,25?;/m0./s1. The fourth-order valence-corrected chi connectivity index (χ4v) is 4.48. The van der Waals surface area contributed by atoms with E-state index in [1.54, 1.807) is 4.90 Å². The van der Waals surface area contributed by atoms with Gasteiger partial charge < -0.3 is 19.9 Å². The van der Waals surface area contributed by atoms with Crippen LogP contribution in [0, 0.1) is 12.8 Å². The van der Waals surface area contributed by atoms with Crippen molar-refractivity contribution in [3.05, 3.63) is 47.6 Å². The third-order valence-corrected chi connectivity index (χ3v) is 6.48. The summed E-state index contributed by atoms with van der Waals surface area (Å²) in [4.78, 5) is 27.4. The van der Waals surface area contributed by atoms with Crippen LogP contribution in [-0.4, -0.2) is 80.2 Å². The molecule has 2 aliphatic rings. The number of rotatable bonds is 9. The Kier molecular flexibility index (Phi) is 12.1. The van der Waals surface area contributed by atoms with Crippen LogP contribution < -0.4 is 10.2 Å². The molecule has 3 atom stereocenters. The zero-order chi connectivity index (χ0) is 26.7. The number of amides is 2. The second kappa shape index (κ2) is 14.8. The van der Waals surface area contributed by atoms with Gasteiger partial charge in [-0.2, -0.15) is 0 Å². The van der Waals surface area contributed by atoms with Gasteiger partial charge in [-0.3, -0.25) is 14.6 Å². The maximum absolute atomic E-state index is 12.4. The molecule has 0 bridgehead atoms. The predicted octanol–water partition coefficient (Wildman–Crippen LogP) is 3.77. The highest BCUT2D eigenvalue weighted by molar-refractivity contribution is 5.90. The largest absolute Gasteiger partial charge is 0.442 e. The van der Waals surface area contributed by atoms with Gasteiger partial charge in [-0.05, 0) is 48.6 Å². The van der Waals surface area contributed by atoms with Gasteiger partial charge in [0.15, 0.2) is 0 Å². The average molecular weight is 502 g/mol. The highest BCUT2D eigenvalue weighted by atomic mass is 16.6. The SMILES string of the molecule is C/C=C(\C=C/C(C)C(CO)N1CCOCC1)c1ccc(N2C[C@H](CNC(C)=O)OC2=O)cc1C.CC. The first-order valence-electron chi connectivity index (χ1n) is 12.9. The average Bonchev–Trinajstić information content (AvgIpc) is 3.26.